The number of rotatable bonds is 7. The van der Waals surface area contributed by atoms with Crippen molar-refractivity contribution in [3.63, 3.8) is 0 Å². The van der Waals surface area contributed by atoms with Gasteiger partial charge in [0, 0.05) is 42.0 Å². The zero-order valence-electron chi connectivity index (χ0n) is 16.0. The van der Waals surface area contributed by atoms with Crippen molar-refractivity contribution < 1.29 is 9.21 Å². The van der Waals surface area contributed by atoms with E-state index in [1.54, 1.807) is 24.4 Å². The van der Waals surface area contributed by atoms with E-state index in [9.17, 15) is 4.79 Å². The number of carbonyl (C=O) groups is 1. The first-order chi connectivity index (χ1) is 14.1. The largest absolute Gasteiger partial charge is 0.440 e. The van der Waals surface area contributed by atoms with Gasteiger partial charge in [-0.1, -0.05) is 23.7 Å². The van der Waals surface area contributed by atoms with E-state index in [1.807, 2.05) is 48.1 Å². The predicted octanol–water partition coefficient (Wildman–Crippen LogP) is 4.48. The van der Waals surface area contributed by atoms with E-state index in [0.29, 0.717) is 34.0 Å². The Morgan fingerprint density at radius 2 is 2.07 bits per heavy atom. The van der Waals surface area contributed by atoms with E-state index in [0.717, 1.165) is 18.5 Å². The fraction of sp³-hybridized carbons (Fsp3) is 0.227. The van der Waals surface area contributed by atoms with Gasteiger partial charge in [-0.05, 0) is 55.3 Å². The Morgan fingerprint density at radius 3 is 2.83 bits per heavy atom. The lowest BCUT2D eigenvalue weighted by molar-refractivity contribution is 0.0937. The third-order valence-corrected chi connectivity index (χ3v) is 4.94. The summed E-state index contributed by atoms with van der Waals surface area (Å²) >= 11 is 5.93. The fourth-order valence-corrected chi connectivity index (χ4v) is 3.23. The zero-order valence-corrected chi connectivity index (χ0v) is 16.8. The molecule has 1 N–H and O–H groups in total. The van der Waals surface area contributed by atoms with E-state index in [2.05, 4.69) is 15.4 Å². The highest BCUT2D eigenvalue weighted by molar-refractivity contribution is 6.30. The second-order valence-electron chi connectivity index (χ2n) is 7.03. The van der Waals surface area contributed by atoms with Crippen molar-refractivity contribution in [3.05, 3.63) is 83.0 Å². The molecule has 29 heavy (non-hydrogen) atoms. The van der Waals surface area contributed by atoms with Gasteiger partial charge in [0.2, 0.25) is 0 Å². The average Bonchev–Trinajstić information content (AvgIpc) is 3.36. The molecule has 7 heteroatoms. The summed E-state index contributed by atoms with van der Waals surface area (Å²) in [6, 6.07) is 14.8. The van der Waals surface area contributed by atoms with Crippen LogP contribution >= 0.6 is 11.6 Å². The summed E-state index contributed by atoms with van der Waals surface area (Å²) in [5.74, 6) is 0.481. The molecule has 4 aromatic rings. The van der Waals surface area contributed by atoms with Crippen LogP contribution in [0.5, 0.6) is 0 Å². The SMILES string of the molecule is CC(CCn1cccn1)NC(=O)c1ccc2oc(Cc3ccc(Cl)cc3)nc2c1. The molecule has 2 heterocycles. The number of fused-ring (bicyclic) bond motifs is 1. The standard InChI is InChI=1S/C22H21ClN4O2/c1-15(9-12-27-11-2-10-24-27)25-22(28)17-5-8-20-19(14-17)26-21(29-20)13-16-3-6-18(23)7-4-16/h2-8,10-11,14-15H,9,12-13H2,1H3,(H,25,28). The third kappa shape index (κ3) is 4.84. The summed E-state index contributed by atoms with van der Waals surface area (Å²) < 4.78 is 7.67. The molecule has 0 aliphatic carbocycles. The van der Waals surface area contributed by atoms with Crippen molar-refractivity contribution in [2.45, 2.75) is 32.4 Å². The van der Waals surface area contributed by atoms with Crippen LogP contribution in [0.15, 0.2) is 65.3 Å². The number of nitrogens with one attached hydrogen (secondary N) is 1. The predicted molar refractivity (Wildman–Crippen MR) is 112 cm³/mol. The molecular formula is C22H21ClN4O2. The summed E-state index contributed by atoms with van der Waals surface area (Å²) in [7, 11) is 0. The van der Waals surface area contributed by atoms with Gasteiger partial charge in [0.05, 0.1) is 0 Å². The van der Waals surface area contributed by atoms with Gasteiger partial charge in [0.1, 0.15) is 5.52 Å². The van der Waals surface area contributed by atoms with Gasteiger partial charge in [-0.2, -0.15) is 5.10 Å². The van der Waals surface area contributed by atoms with Crippen molar-refractivity contribution in [3.8, 4) is 0 Å². The maximum Gasteiger partial charge on any atom is 0.251 e. The van der Waals surface area contributed by atoms with E-state index < -0.39 is 0 Å². The minimum atomic E-state index is -0.123. The molecular weight excluding hydrogens is 388 g/mol. The molecule has 0 radical (unpaired) electrons. The molecule has 0 spiro atoms. The lowest BCUT2D eigenvalue weighted by Crippen LogP contribution is -2.33. The highest BCUT2D eigenvalue weighted by Crippen LogP contribution is 2.20. The highest BCUT2D eigenvalue weighted by Gasteiger charge is 2.13. The first-order valence-electron chi connectivity index (χ1n) is 9.49. The van der Waals surface area contributed by atoms with E-state index in [-0.39, 0.29) is 11.9 Å². The van der Waals surface area contributed by atoms with Gasteiger partial charge >= 0.3 is 0 Å². The summed E-state index contributed by atoms with van der Waals surface area (Å²) in [5.41, 5.74) is 2.96. The maximum atomic E-state index is 12.6. The number of aromatic nitrogens is 3. The molecule has 0 aliphatic heterocycles. The lowest BCUT2D eigenvalue weighted by atomic mass is 10.1. The van der Waals surface area contributed by atoms with Gasteiger partial charge < -0.3 is 9.73 Å². The molecule has 0 saturated heterocycles. The van der Waals surface area contributed by atoms with Crippen LogP contribution in [0.2, 0.25) is 5.02 Å². The number of halogens is 1. The molecule has 0 saturated carbocycles. The van der Waals surface area contributed by atoms with E-state index in [1.165, 1.54) is 0 Å². The van der Waals surface area contributed by atoms with Gasteiger partial charge in [0.15, 0.2) is 11.5 Å². The number of carbonyl (C=O) groups excluding carboxylic acids is 1. The quantitative estimate of drug-likeness (QED) is 0.489. The van der Waals surface area contributed by atoms with Gasteiger partial charge in [-0.25, -0.2) is 4.98 Å². The van der Waals surface area contributed by atoms with Crippen molar-refractivity contribution in [2.24, 2.45) is 0 Å². The first-order valence-corrected chi connectivity index (χ1v) is 9.87. The Bertz CT molecular complexity index is 1100. The number of oxazole rings is 1. The van der Waals surface area contributed by atoms with Crippen LogP contribution in [0.25, 0.3) is 11.1 Å². The van der Waals surface area contributed by atoms with E-state index >= 15 is 0 Å². The number of hydrogen-bond acceptors (Lipinski definition) is 4. The summed E-state index contributed by atoms with van der Waals surface area (Å²) in [4.78, 5) is 17.1. The molecule has 2 aromatic carbocycles. The molecule has 0 aliphatic rings. The minimum Gasteiger partial charge on any atom is -0.440 e. The van der Waals surface area contributed by atoms with Crippen molar-refractivity contribution in [1.82, 2.24) is 20.1 Å². The zero-order chi connectivity index (χ0) is 20.2. The number of benzene rings is 2. The van der Waals surface area contributed by atoms with Crippen LogP contribution in [-0.4, -0.2) is 26.7 Å². The molecule has 2 aromatic heterocycles. The highest BCUT2D eigenvalue weighted by atomic mass is 35.5. The van der Waals surface area contributed by atoms with Crippen molar-refractivity contribution in [1.29, 1.82) is 0 Å². The minimum absolute atomic E-state index is 0.0279. The number of amides is 1. The normalized spacial score (nSPS) is 12.2. The summed E-state index contributed by atoms with van der Waals surface area (Å²) in [5, 5.41) is 7.89. The Morgan fingerprint density at radius 1 is 1.24 bits per heavy atom. The molecule has 6 nitrogen and oxygen atoms in total. The van der Waals surface area contributed by atoms with Gasteiger partial charge in [-0.15, -0.1) is 0 Å². The van der Waals surface area contributed by atoms with Crippen LogP contribution in [0.4, 0.5) is 0 Å². The molecule has 1 atom stereocenters. The summed E-state index contributed by atoms with van der Waals surface area (Å²) in [6.45, 7) is 2.74. The Hall–Kier alpha value is -3.12. The van der Waals surface area contributed by atoms with Crippen LogP contribution < -0.4 is 5.32 Å². The van der Waals surface area contributed by atoms with Crippen molar-refractivity contribution >= 4 is 28.6 Å². The maximum absolute atomic E-state index is 12.6. The molecule has 4 rings (SSSR count). The van der Waals surface area contributed by atoms with E-state index in [4.69, 9.17) is 16.0 Å². The van der Waals surface area contributed by atoms with Crippen LogP contribution in [0, 0.1) is 0 Å². The number of nitrogens with zero attached hydrogens (tertiary/aromatic N) is 3. The second kappa shape index (κ2) is 8.49. The number of aryl methyl sites for hydroxylation is 1. The average molecular weight is 409 g/mol. The summed E-state index contributed by atoms with van der Waals surface area (Å²) in [6.07, 6.45) is 5.02. The van der Waals surface area contributed by atoms with Gasteiger partial charge in [-0.3, -0.25) is 9.48 Å². The molecule has 0 fully saturated rings. The van der Waals surface area contributed by atoms with Gasteiger partial charge in [0.25, 0.3) is 5.91 Å². The molecule has 1 amide bonds. The monoisotopic (exact) mass is 408 g/mol. The molecule has 1 unspecified atom stereocenters. The topological polar surface area (TPSA) is 73.0 Å². The first kappa shape index (κ1) is 19.2. The smallest absolute Gasteiger partial charge is 0.251 e. The lowest BCUT2D eigenvalue weighted by Gasteiger charge is -2.13. The second-order valence-corrected chi connectivity index (χ2v) is 7.46. The molecule has 0 bridgehead atoms. The van der Waals surface area contributed by atoms with Crippen LogP contribution in [0.1, 0.15) is 35.2 Å². The Kier molecular flexibility index (Phi) is 5.62. The van der Waals surface area contributed by atoms with Crippen molar-refractivity contribution in [2.75, 3.05) is 0 Å². The Balaban J connectivity index is 1.41. The molecule has 148 valence electrons. The number of hydrogen-bond donors (Lipinski definition) is 1. The fourth-order valence-electron chi connectivity index (χ4n) is 3.11. The third-order valence-electron chi connectivity index (χ3n) is 4.69. The van der Waals surface area contributed by atoms with Crippen LogP contribution in [-0.2, 0) is 13.0 Å². The Labute approximate surface area is 173 Å². The van der Waals surface area contributed by atoms with Crippen LogP contribution in [0.3, 0.4) is 0 Å².